The van der Waals surface area contributed by atoms with Gasteiger partial charge in [-0.25, -0.2) is 14.3 Å². The number of hydrogen-bond acceptors (Lipinski definition) is 5. The van der Waals surface area contributed by atoms with E-state index in [1.54, 1.807) is 11.3 Å². The number of piperidine rings is 1. The first-order valence-corrected chi connectivity index (χ1v) is 11.7. The van der Waals surface area contributed by atoms with Crippen molar-refractivity contribution in [1.82, 2.24) is 19.9 Å². The number of nitrogens with one attached hydrogen (secondary N) is 1. The first-order valence-electron chi connectivity index (χ1n) is 10.9. The van der Waals surface area contributed by atoms with Gasteiger partial charge in [-0.1, -0.05) is 35.6 Å². The average Bonchev–Trinajstić information content (AvgIpc) is 3.36. The summed E-state index contributed by atoms with van der Waals surface area (Å²) in [5.74, 6) is 0.351. The van der Waals surface area contributed by atoms with Gasteiger partial charge in [-0.15, -0.1) is 5.10 Å². The lowest BCUT2D eigenvalue weighted by Crippen LogP contribution is -2.48. The molecule has 2 aromatic heterocycles. The molecular weight excluding hydrogens is 410 g/mol. The second-order valence-corrected chi connectivity index (χ2v) is 10.7. The Morgan fingerprint density at radius 3 is 2.77 bits per heavy atom. The normalized spacial score (nSPS) is 20.4. The highest BCUT2D eigenvalue weighted by Gasteiger charge is 2.49. The van der Waals surface area contributed by atoms with Gasteiger partial charge in [0, 0.05) is 18.6 Å². The molecule has 3 heterocycles. The highest BCUT2D eigenvalue weighted by atomic mass is 32.1. The molecule has 1 aromatic carbocycles. The average molecular weight is 440 g/mol. The standard InChI is InChI=1S/C23H29N5O2S/c1-15-14-24-19-28(15)26-20(31-19)27-10-8-23(9-11-27)12-16-6-4-5-7-17(16)18(23)13-22(2,3)25-21(29)30/h4-7,14,18,25H,8-13H2,1-3H3,(H,29,30)/t18-/m1/s1. The molecule has 164 valence electrons. The van der Waals surface area contributed by atoms with Gasteiger partial charge >= 0.3 is 6.09 Å². The van der Waals surface area contributed by atoms with E-state index in [2.05, 4.69) is 39.5 Å². The van der Waals surface area contributed by atoms with Crippen molar-refractivity contribution in [1.29, 1.82) is 0 Å². The van der Waals surface area contributed by atoms with Crippen LogP contribution in [-0.2, 0) is 6.42 Å². The van der Waals surface area contributed by atoms with Crippen LogP contribution in [-0.4, -0.2) is 44.4 Å². The first kappa shape index (κ1) is 20.3. The maximum Gasteiger partial charge on any atom is 0.405 e. The number of nitrogens with zero attached hydrogens (tertiary/aromatic N) is 4. The van der Waals surface area contributed by atoms with Gasteiger partial charge in [-0.2, -0.15) is 0 Å². The Labute approximate surface area is 186 Å². The van der Waals surface area contributed by atoms with Crippen LogP contribution in [0.4, 0.5) is 9.93 Å². The van der Waals surface area contributed by atoms with Crippen molar-refractivity contribution >= 4 is 27.5 Å². The maximum absolute atomic E-state index is 11.3. The SMILES string of the molecule is Cc1cnc2sc(N3CCC4(CC3)Cc3ccccc3[C@H]4CC(C)(C)NC(=O)O)nn12. The Morgan fingerprint density at radius 1 is 1.32 bits per heavy atom. The van der Waals surface area contributed by atoms with Crippen LogP contribution in [0.3, 0.4) is 0 Å². The zero-order valence-electron chi connectivity index (χ0n) is 18.3. The maximum atomic E-state index is 11.3. The Balaban J connectivity index is 1.39. The van der Waals surface area contributed by atoms with E-state index in [1.165, 1.54) is 11.1 Å². The fourth-order valence-electron chi connectivity index (χ4n) is 5.63. The van der Waals surface area contributed by atoms with Gasteiger partial charge in [0.2, 0.25) is 10.1 Å². The molecule has 1 fully saturated rings. The number of aryl methyl sites for hydroxylation is 1. The minimum atomic E-state index is -0.954. The summed E-state index contributed by atoms with van der Waals surface area (Å²) in [6.07, 6.45) is 4.95. The summed E-state index contributed by atoms with van der Waals surface area (Å²) in [7, 11) is 0. The summed E-state index contributed by atoms with van der Waals surface area (Å²) >= 11 is 1.65. The van der Waals surface area contributed by atoms with E-state index >= 15 is 0 Å². The van der Waals surface area contributed by atoms with Crippen LogP contribution in [0.2, 0.25) is 0 Å². The summed E-state index contributed by atoms with van der Waals surface area (Å²) in [5, 5.41) is 17.9. The van der Waals surface area contributed by atoms with E-state index in [4.69, 9.17) is 5.10 Å². The van der Waals surface area contributed by atoms with E-state index in [-0.39, 0.29) is 5.41 Å². The summed E-state index contributed by atoms with van der Waals surface area (Å²) < 4.78 is 1.93. The number of hydrogen-bond donors (Lipinski definition) is 2. The van der Waals surface area contributed by atoms with Crippen LogP contribution >= 0.6 is 11.3 Å². The molecule has 3 aromatic rings. The van der Waals surface area contributed by atoms with Crippen LogP contribution in [0.1, 0.15) is 55.8 Å². The number of anilines is 1. The molecule has 8 heteroatoms. The predicted octanol–water partition coefficient (Wildman–Crippen LogP) is 4.46. The monoisotopic (exact) mass is 439 g/mol. The van der Waals surface area contributed by atoms with Gasteiger partial charge in [-0.05, 0) is 68.9 Å². The fraction of sp³-hybridized carbons (Fsp3) is 0.522. The number of aromatic nitrogens is 3. The second-order valence-electron chi connectivity index (χ2n) is 9.77. The summed E-state index contributed by atoms with van der Waals surface area (Å²) in [6.45, 7) is 7.96. The zero-order valence-corrected chi connectivity index (χ0v) is 19.1. The molecule has 1 aliphatic heterocycles. The number of carbonyl (C=O) groups is 1. The van der Waals surface area contributed by atoms with Gasteiger partial charge in [0.25, 0.3) is 0 Å². The third kappa shape index (κ3) is 3.56. The molecular formula is C23H29N5O2S. The smallest absolute Gasteiger partial charge is 0.405 e. The minimum Gasteiger partial charge on any atom is -0.465 e. The predicted molar refractivity (Wildman–Crippen MR) is 122 cm³/mol. The number of benzene rings is 1. The third-order valence-corrected chi connectivity index (χ3v) is 8.13. The molecule has 31 heavy (non-hydrogen) atoms. The number of fused-ring (bicyclic) bond motifs is 2. The molecule has 5 rings (SSSR count). The lowest BCUT2D eigenvalue weighted by atomic mass is 9.66. The molecule has 0 unspecified atom stereocenters. The van der Waals surface area contributed by atoms with Crippen molar-refractivity contribution in [2.45, 2.75) is 57.9 Å². The molecule has 2 N–H and O–H groups in total. The number of carboxylic acid groups (broad SMARTS) is 1. The molecule has 0 radical (unpaired) electrons. The fourth-order valence-corrected chi connectivity index (χ4v) is 6.60. The van der Waals surface area contributed by atoms with Gasteiger partial charge in [0.05, 0.1) is 11.9 Å². The second kappa shape index (κ2) is 7.22. The molecule has 1 spiro atoms. The van der Waals surface area contributed by atoms with Crippen LogP contribution in [0.25, 0.3) is 4.96 Å². The molecule has 1 amide bonds. The van der Waals surface area contributed by atoms with Crippen molar-refractivity contribution in [2.75, 3.05) is 18.0 Å². The molecule has 0 saturated carbocycles. The van der Waals surface area contributed by atoms with E-state index in [9.17, 15) is 9.90 Å². The quantitative estimate of drug-likeness (QED) is 0.627. The van der Waals surface area contributed by atoms with Crippen molar-refractivity contribution in [3.63, 3.8) is 0 Å². The largest absolute Gasteiger partial charge is 0.465 e. The molecule has 0 bridgehead atoms. The Bertz CT molecular complexity index is 1130. The summed E-state index contributed by atoms with van der Waals surface area (Å²) in [6, 6.07) is 8.74. The van der Waals surface area contributed by atoms with Crippen LogP contribution < -0.4 is 10.2 Å². The van der Waals surface area contributed by atoms with E-state index in [0.717, 1.165) is 54.6 Å². The molecule has 1 aliphatic carbocycles. The zero-order chi connectivity index (χ0) is 21.8. The van der Waals surface area contributed by atoms with Gasteiger partial charge < -0.3 is 15.3 Å². The highest BCUT2D eigenvalue weighted by Crippen LogP contribution is 2.56. The van der Waals surface area contributed by atoms with Crippen molar-refractivity contribution in [3.8, 4) is 0 Å². The van der Waals surface area contributed by atoms with Crippen molar-refractivity contribution in [2.24, 2.45) is 5.41 Å². The molecule has 2 aliphatic rings. The highest BCUT2D eigenvalue weighted by molar-refractivity contribution is 7.20. The molecule has 1 atom stereocenters. The summed E-state index contributed by atoms with van der Waals surface area (Å²) in [5.41, 5.74) is 3.58. The van der Waals surface area contributed by atoms with E-state index in [0.29, 0.717) is 5.92 Å². The van der Waals surface area contributed by atoms with Crippen LogP contribution in [0, 0.1) is 12.3 Å². The topological polar surface area (TPSA) is 82.8 Å². The third-order valence-electron chi connectivity index (χ3n) is 7.15. The van der Waals surface area contributed by atoms with E-state index < -0.39 is 11.6 Å². The Kier molecular flexibility index (Phi) is 4.73. The number of rotatable bonds is 4. The lowest BCUT2D eigenvalue weighted by Gasteiger charge is -2.45. The van der Waals surface area contributed by atoms with Crippen LogP contribution in [0.15, 0.2) is 30.5 Å². The Hall–Kier alpha value is -2.61. The minimum absolute atomic E-state index is 0.172. The molecule has 7 nitrogen and oxygen atoms in total. The molecule has 1 saturated heterocycles. The van der Waals surface area contributed by atoms with Crippen LogP contribution in [0.5, 0.6) is 0 Å². The van der Waals surface area contributed by atoms with Gasteiger partial charge in [0.1, 0.15) is 0 Å². The Morgan fingerprint density at radius 2 is 2.06 bits per heavy atom. The number of imidazole rings is 1. The number of amides is 1. The van der Waals surface area contributed by atoms with Gasteiger partial charge in [-0.3, -0.25) is 0 Å². The van der Waals surface area contributed by atoms with E-state index in [1.807, 2.05) is 31.5 Å². The first-order chi connectivity index (χ1) is 14.8. The van der Waals surface area contributed by atoms with Crippen molar-refractivity contribution < 1.29 is 9.90 Å². The van der Waals surface area contributed by atoms with Crippen molar-refractivity contribution in [3.05, 3.63) is 47.3 Å². The lowest BCUT2D eigenvalue weighted by molar-refractivity contribution is 0.143. The summed E-state index contributed by atoms with van der Waals surface area (Å²) in [4.78, 5) is 19.1. The van der Waals surface area contributed by atoms with Gasteiger partial charge in [0.15, 0.2) is 0 Å².